The first-order valence-electron chi connectivity index (χ1n) is 6.56. The molecule has 0 spiro atoms. The van der Waals surface area contributed by atoms with E-state index in [4.69, 9.17) is 0 Å². The van der Waals surface area contributed by atoms with Crippen molar-refractivity contribution < 1.29 is 4.79 Å². The molecule has 0 aliphatic carbocycles. The number of carbonyl (C=O) groups excluding carboxylic acids is 1. The highest BCUT2D eigenvalue weighted by Gasteiger charge is 2.12. The highest BCUT2D eigenvalue weighted by atomic mass is 16.2. The van der Waals surface area contributed by atoms with Crippen molar-refractivity contribution in [2.75, 3.05) is 25.5 Å². The van der Waals surface area contributed by atoms with Crippen molar-refractivity contribution in [2.45, 2.75) is 33.6 Å². The lowest BCUT2D eigenvalue weighted by Gasteiger charge is -2.17. The fourth-order valence-corrected chi connectivity index (χ4v) is 1.78. The number of aromatic nitrogens is 1. The number of hydrogen-bond donors (Lipinski definition) is 1. The van der Waals surface area contributed by atoms with Gasteiger partial charge in [-0.1, -0.05) is 13.3 Å². The topological polar surface area (TPSA) is 45.2 Å². The SMILES string of the molecule is CCCCN(C)C(=O)c1cc(C)nc(NCC)c1. The van der Waals surface area contributed by atoms with Crippen molar-refractivity contribution in [3.05, 3.63) is 23.4 Å². The summed E-state index contributed by atoms with van der Waals surface area (Å²) in [5.74, 6) is 0.831. The molecule has 0 bridgehead atoms. The number of hydrogen-bond acceptors (Lipinski definition) is 3. The molecule has 4 heteroatoms. The van der Waals surface area contributed by atoms with Gasteiger partial charge in [-0.05, 0) is 32.4 Å². The van der Waals surface area contributed by atoms with Crippen molar-refractivity contribution in [2.24, 2.45) is 0 Å². The lowest BCUT2D eigenvalue weighted by Crippen LogP contribution is -2.27. The van der Waals surface area contributed by atoms with Crippen LogP contribution in [0, 0.1) is 6.92 Å². The van der Waals surface area contributed by atoms with Crippen LogP contribution in [0.15, 0.2) is 12.1 Å². The van der Waals surface area contributed by atoms with Gasteiger partial charge in [0.1, 0.15) is 5.82 Å². The zero-order valence-electron chi connectivity index (χ0n) is 11.8. The second-order valence-corrected chi connectivity index (χ2v) is 4.49. The van der Waals surface area contributed by atoms with Crippen LogP contribution in [0.5, 0.6) is 0 Å². The van der Waals surface area contributed by atoms with Crippen molar-refractivity contribution in [1.82, 2.24) is 9.88 Å². The van der Waals surface area contributed by atoms with E-state index in [-0.39, 0.29) is 5.91 Å². The molecule has 18 heavy (non-hydrogen) atoms. The molecule has 0 atom stereocenters. The van der Waals surface area contributed by atoms with Crippen molar-refractivity contribution >= 4 is 11.7 Å². The third kappa shape index (κ3) is 4.02. The molecule has 0 saturated heterocycles. The van der Waals surface area contributed by atoms with Crippen LogP contribution in [0.25, 0.3) is 0 Å². The number of anilines is 1. The number of amides is 1. The van der Waals surface area contributed by atoms with Crippen LogP contribution in [-0.2, 0) is 0 Å². The van der Waals surface area contributed by atoms with Crippen LogP contribution in [0.2, 0.25) is 0 Å². The third-order valence-electron chi connectivity index (χ3n) is 2.75. The Bertz CT molecular complexity index is 404. The largest absolute Gasteiger partial charge is 0.370 e. The number of unbranched alkanes of at least 4 members (excludes halogenated alkanes) is 1. The second kappa shape index (κ2) is 6.99. The number of carbonyl (C=O) groups is 1. The van der Waals surface area contributed by atoms with Gasteiger partial charge in [0.2, 0.25) is 0 Å². The maximum Gasteiger partial charge on any atom is 0.253 e. The minimum absolute atomic E-state index is 0.0631. The normalized spacial score (nSPS) is 10.2. The first kappa shape index (κ1) is 14.5. The fraction of sp³-hybridized carbons (Fsp3) is 0.571. The average molecular weight is 249 g/mol. The van der Waals surface area contributed by atoms with E-state index in [1.807, 2.05) is 33.0 Å². The third-order valence-corrected chi connectivity index (χ3v) is 2.75. The summed E-state index contributed by atoms with van der Waals surface area (Å²) >= 11 is 0. The molecule has 1 aromatic rings. The molecule has 100 valence electrons. The van der Waals surface area contributed by atoms with Crippen LogP contribution in [0.4, 0.5) is 5.82 Å². The molecular weight excluding hydrogens is 226 g/mol. The first-order valence-corrected chi connectivity index (χ1v) is 6.56. The predicted molar refractivity (Wildman–Crippen MR) is 75.0 cm³/mol. The smallest absolute Gasteiger partial charge is 0.253 e. The minimum Gasteiger partial charge on any atom is -0.370 e. The molecule has 0 unspecified atom stereocenters. The van der Waals surface area contributed by atoms with E-state index in [1.165, 1.54) is 0 Å². The van der Waals surface area contributed by atoms with Crippen LogP contribution >= 0.6 is 0 Å². The van der Waals surface area contributed by atoms with E-state index < -0.39 is 0 Å². The molecule has 1 rings (SSSR count). The summed E-state index contributed by atoms with van der Waals surface area (Å²) in [6, 6.07) is 3.66. The van der Waals surface area contributed by atoms with Gasteiger partial charge in [0, 0.05) is 31.4 Å². The van der Waals surface area contributed by atoms with Crippen molar-refractivity contribution in [3.63, 3.8) is 0 Å². The quantitative estimate of drug-likeness (QED) is 0.843. The number of pyridine rings is 1. The summed E-state index contributed by atoms with van der Waals surface area (Å²) in [5.41, 5.74) is 1.57. The van der Waals surface area contributed by atoms with Crippen LogP contribution < -0.4 is 5.32 Å². The highest BCUT2D eigenvalue weighted by molar-refractivity contribution is 5.94. The number of rotatable bonds is 6. The first-order chi connectivity index (χ1) is 8.58. The summed E-state index contributed by atoms with van der Waals surface area (Å²) in [7, 11) is 1.85. The molecule has 0 fully saturated rings. The van der Waals surface area contributed by atoms with E-state index in [0.717, 1.165) is 37.4 Å². The Labute approximate surface area is 109 Å². The molecule has 0 aliphatic rings. The van der Waals surface area contributed by atoms with Gasteiger partial charge in [-0.2, -0.15) is 0 Å². The standard InChI is InChI=1S/C14H23N3O/c1-5-7-8-17(4)14(18)12-9-11(3)16-13(10-12)15-6-2/h9-10H,5-8H2,1-4H3,(H,15,16). The number of nitrogens with one attached hydrogen (secondary N) is 1. The zero-order valence-corrected chi connectivity index (χ0v) is 11.8. The molecule has 1 heterocycles. The monoisotopic (exact) mass is 249 g/mol. The Morgan fingerprint density at radius 3 is 2.72 bits per heavy atom. The summed E-state index contributed by atoms with van der Waals surface area (Å²) in [6.45, 7) is 7.64. The van der Waals surface area contributed by atoms with E-state index >= 15 is 0 Å². The van der Waals surface area contributed by atoms with E-state index in [9.17, 15) is 4.79 Å². The fourth-order valence-electron chi connectivity index (χ4n) is 1.78. The summed E-state index contributed by atoms with van der Waals surface area (Å²) in [5, 5.41) is 3.14. The van der Waals surface area contributed by atoms with Gasteiger partial charge in [0.15, 0.2) is 0 Å². The number of nitrogens with zero attached hydrogens (tertiary/aromatic N) is 2. The Morgan fingerprint density at radius 2 is 2.11 bits per heavy atom. The van der Waals surface area contributed by atoms with Gasteiger partial charge in [-0.25, -0.2) is 4.98 Å². The molecule has 1 amide bonds. The van der Waals surface area contributed by atoms with Gasteiger partial charge < -0.3 is 10.2 Å². The van der Waals surface area contributed by atoms with Crippen LogP contribution in [0.1, 0.15) is 42.7 Å². The average Bonchev–Trinajstić information content (AvgIpc) is 2.34. The van der Waals surface area contributed by atoms with Gasteiger partial charge in [-0.15, -0.1) is 0 Å². The number of aryl methyl sites for hydroxylation is 1. The van der Waals surface area contributed by atoms with Crippen LogP contribution in [0.3, 0.4) is 0 Å². The zero-order chi connectivity index (χ0) is 13.5. The van der Waals surface area contributed by atoms with E-state index in [2.05, 4.69) is 17.2 Å². The van der Waals surface area contributed by atoms with E-state index in [0.29, 0.717) is 5.56 Å². The Kier molecular flexibility index (Phi) is 5.62. The Balaban J connectivity index is 2.84. The molecule has 0 aromatic carbocycles. The van der Waals surface area contributed by atoms with Crippen molar-refractivity contribution in [3.8, 4) is 0 Å². The molecule has 0 saturated carbocycles. The lowest BCUT2D eigenvalue weighted by molar-refractivity contribution is 0.0793. The summed E-state index contributed by atoms with van der Waals surface area (Å²) in [4.78, 5) is 18.3. The molecular formula is C14H23N3O. The lowest BCUT2D eigenvalue weighted by atomic mass is 10.2. The second-order valence-electron chi connectivity index (χ2n) is 4.49. The van der Waals surface area contributed by atoms with Gasteiger partial charge in [0.05, 0.1) is 0 Å². The molecule has 1 aromatic heterocycles. The molecule has 0 radical (unpaired) electrons. The van der Waals surface area contributed by atoms with Gasteiger partial charge >= 0.3 is 0 Å². The van der Waals surface area contributed by atoms with Crippen molar-refractivity contribution in [1.29, 1.82) is 0 Å². The molecule has 1 N–H and O–H groups in total. The molecule has 0 aliphatic heterocycles. The minimum atomic E-state index is 0.0631. The van der Waals surface area contributed by atoms with Gasteiger partial charge in [0.25, 0.3) is 5.91 Å². The maximum atomic E-state index is 12.2. The van der Waals surface area contributed by atoms with Crippen LogP contribution in [-0.4, -0.2) is 35.9 Å². The molecule has 4 nitrogen and oxygen atoms in total. The van der Waals surface area contributed by atoms with Gasteiger partial charge in [-0.3, -0.25) is 4.79 Å². The maximum absolute atomic E-state index is 12.2. The highest BCUT2D eigenvalue weighted by Crippen LogP contribution is 2.12. The Hall–Kier alpha value is -1.58. The summed E-state index contributed by atoms with van der Waals surface area (Å²) in [6.07, 6.45) is 2.13. The Morgan fingerprint density at radius 1 is 1.39 bits per heavy atom. The predicted octanol–water partition coefficient (Wildman–Crippen LogP) is 2.69. The summed E-state index contributed by atoms with van der Waals surface area (Å²) < 4.78 is 0. The van der Waals surface area contributed by atoms with E-state index in [1.54, 1.807) is 4.90 Å².